The van der Waals surface area contributed by atoms with Crippen molar-refractivity contribution in [3.8, 4) is 0 Å². The first kappa shape index (κ1) is 14.7. The van der Waals surface area contributed by atoms with Crippen LogP contribution in [0.25, 0.3) is 0 Å². The summed E-state index contributed by atoms with van der Waals surface area (Å²) in [5.41, 5.74) is 0.176. The Morgan fingerprint density at radius 2 is 1.46 bits per heavy atom. The normalized spacial score (nSPS) is 8.54. The molecule has 78 valence electrons. The van der Waals surface area contributed by atoms with Gasteiger partial charge in [0, 0.05) is 5.57 Å². The van der Waals surface area contributed by atoms with Crippen molar-refractivity contribution in [2.45, 2.75) is 52.9 Å². The van der Waals surface area contributed by atoms with Gasteiger partial charge in [-0.2, -0.15) is 0 Å². The van der Waals surface area contributed by atoms with Crippen LogP contribution in [-0.4, -0.2) is 11.1 Å². The lowest BCUT2D eigenvalue weighted by molar-refractivity contribution is -0.132. The Balaban J connectivity index is 0. The van der Waals surface area contributed by atoms with Crippen LogP contribution in [0.5, 0.6) is 0 Å². The van der Waals surface area contributed by atoms with E-state index in [0.29, 0.717) is 0 Å². The second kappa shape index (κ2) is 11.2. The number of carboxylic acid groups (broad SMARTS) is 1. The maximum absolute atomic E-state index is 9.60. The zero-order chi connectivity index (χ0) is 10.7. The average Bonchev–Trinajstić information content (AvgIpc) is 2.06. The summed E-state index contributed by atoms with van der Waals surface area (Å²) in [6.45, 7) is 9.09. The molecule has 0 rings (SSSR count). The van der Waals surface area contributed by atoms with Crippen molar-refractivity contribution in [2.75, 3.05) is 0 Å². The van der Waals surface area contributed by atoms with Crippen molar-refractivity contribution < 1.29 is 9.90 Å². The molecule has 2 heteroatoms. The first-order valence-corrected chi connectivity index (χ1v) is 4.95. The quantitative estimate of drug-likeness (QED) is 0.526. The molecule has 0 aliphatic carbocycles. The van der Waals surface area contributed by atoms with Gasteiger partial charge >= 0.3 is 5.97 Å². The van der Waals surface area contributed by atoms with Gasteiger partial charge in [0.2, 0.25) is 0 Å². The van der Waals surface area contributed by atoms with Gasteiger partial charge in [0.1, 0.15) is 0 Å². The highest BCUT2D eigenvalue weighted by molar-refractivity contribution is 5.84. The van der Waals surface area contributed by atoms with Crippen LogP contribution in [0.15, 0.2) is 12.2 Å². The lowest BCUT2D eigenvalue weighted by atomic mass is 10.2. The smallest absolute Gasteiger partial charge is 0.330 e. The third-order valence-corrected chi connectivity index (χ3v) is 1.57. The molecule has 0 aromatic heterocycles. The first-order valence-electron chi connectivity index (χ1n) is 4.95. The van der Waals surface area contributed by atoms with E-state index in [1.807, 2.05) is 0 Å². The monoisotopic (exact) mass is 186 g/mol. The van der Waals surface area contributed by atoms with Crippen molar-refractivity contribution in [1.82, 2.24) is 0 Å². The summed E-state index contributed by atoms with van der Waals surface area (Å²) in [5.74, 6) is -0.935. The van der Waals surface area contributed by atoms with Gasteiger partial charge in [-0.05, 0) is 6.92 Å². The number of aliphatic carboxylic acids is 1. The molecule has 0 fully saturated rings. The van der Waals surface area contributed by atoms with E-state index in [1.54, 1.807) is 0 Å². The maximum atomic E-state index is 9.60. The Kier molecular flexibility index (Phi) is 12.7. The topological polar surface area (TPSA) is 37.3 Å². The minimum Gasteiger partial charge on any atom is -0.478 e. The molecule has 1 N–H and O–H groups in total. The van der Waals surface area contributed by atoms with E-state index in [2.05, 4.69) is 20.4 Å². The molecule has 0 bridgehead atoms. The highest BCUT2D eigenvalue weighted by Gasteiger charge is 1.90. The van der Waals surface area contributed by atoms with E-state index in [4.69, 9.17) is 5.11 Å². The predicted octanol–water partition coefficient (Wildman–Crippen LogP) is 3.62. The van der Waals surface area contributed by atoms with Crippen molar-refractivity contribution in [3.05, 3.63) is 12.2 Å². The summed E-state index contributed by atoms with van der Waals surface area (Å²) in [4.78, 5) is 9.60. The van der Waals surface area contributed by atoms with Gasteiger partial charge in [0.05, 0.1) is 0 Å². The Morgan fingerprint density at radius 1 is 1.15 bits per heavy atom. The molecule has 0 aliphatic rings. The van der Waals surface area contributed by atoms with Gasteiger partial charge in [-0.25, -0.2) is 4.79 Å². The minimum atomic E-state index is -0.935. The molecule has 0 atom stereocenters. The summed E-state index contributed by atoms with van der Waals surface area (Å²) in [7, 11) is 0. The maximum Gasteiger partial charge on any atom is 0.330 e. The lowest BCUT2D eigenvalue weighted by Gasteiger charge is -1.90. The molecule has 0 aromatic rings. The Labute approximate surface area is 81.7 Å². The van der Waals surface area contributed by atoms with Crippen LogP contribution < -0.4 is 0 Å². The van der Waals surface area contributed by atoms with Crippen molar-refractivity contribution in [1.29, 1.82) is 0 Å². The fourth-order valence-electron chi connectivity index (χ4n) is 0.677. The molecule has 0 aromatic carbocycles. The van der Waals surface area contributed by atoms with Gasteiger partial charge in [-0.15, -0.1) is 0 Å². The SMILES string of the molecule is C=C(C)C(=O)O.CCCCCCC. The average molecular weight is 186 g/mol. The van der Waals surface area contributed by atoms with E-state index >= 15 is 0 Å². The van der Waals surface area contributed by atoms with E-state index in [-0.39, 0.29) is 5.57 Å². The highest BCUT2D eigenvalue weighted by atomic mass is 16.4. The van der Waals surface area contributed by atoms with Crippen LogP contribution in [0.4, 0.5) is 0 Å². The lowest BCUT2D eigenvalue weighted by Crippen LogP contribution is -1.92. The highest BCUT2D eigenvalue weighted by Crippen LogP contribution is 2.00. The molecule has 0 amide bonds. The van der Waals surface area contributed by atoms with E-state index in [1.165, 1.54) is 39.0 Å². The molecule has 0 spiro atoms. The summed E-state index contributed by atoms with van der Waals surface area (Å²) >= 11 is 0. The number of rotatable bonds is 5. The summed E-state index contributed by atoms with van der Waals surface area (Å²) < 4.78 is 0. The summed E-state index contributed by atoms with van der Waals surface area (Å²) in [6.07, 6.45) is 7.01. The predicted molar refractivity (Wildman–Crippen MR) is 56.9 cm³/mol. The molecule has 0 aliphatic heterocycles. The Morgan fingerprint density at radius 3 is 1.62 bits per heavy atom. The number of hydrogen-bond donors (Lipinski definition) is 1. The van der Waals surface area contributed by atoms with Gasteiger partial charge in [0.25, 0.3) is 0 Å². The van der Waals surface area contributed by atoms with Crippen LogP contribution >= 0.6 is 0 Å². The molecule has 13 heavy (non-hydrogen) atoms. The second-order valence-corrected chi connectivity index (χ2v) is 3.15. The van der Waals surface area contributed by atoms with Crippen LogP contribution in [0.3, 0.4) is 0 Å². The molecule has 0 radical (unpaired) electrons. The standard InChI is InChI=1S/C7H16.C4H6O2/c1-3-5-7-6-4-2;1-3(2)4(5)6/h3-7H2,1-2H3;1H2,2H3,(H,5,6). The fourth-order valence-corrected chi connectivity index (χ4v) is 0.677. The van der Waals surface area contributed by atoms with Gasteiger partial charge < -0.3 is 5.11 Å². The zero-order valence-electron chi connectivity index (χ0n) is 9.10. The Bertz CT molecular complexity index is 123. The molecule has 0 saturated carbocycles. The first-order chi connectivity index (χ1) is 6.06. The largest absolute Gasteiger partial charge is 0.478 e. The van der Waals surface area contributed by atoms with Crippen LogP contribution in [-0.2, 0) is 4.79 Å². The molecule has 2 nitrogen and oxygen atoms in total. The fraction of sp³-hybridized carbons (Fsp3) is 0.727. The molecule has 0 heterocycles. The van der Waals surface area contributed by atoms with E-state index in [0.717, 1.165) is 0 Å². The number of hydrogen-bond acceptors (Lipinski definition) is 1. The van der Waals surface area contributed by atoms with Gasteiger partial charge in [-0.1, -0.05) is 52.5 Å². The van der Waals surface area contributed by atoms with Gasteiger partial charge in [0.15, 0.2) is 0 Å². The van der Waals surface area contributed by atoms with E-state index in [9.17, 15) is 4.79 Å². The van der Waals surface area contributed by atoms with Crippen molar-refractivity contribution >= 4 is 5.97 Å². The van der Waals surface area contributed by atoms with Gasteiger partial charge in [-0.3, -0.25) is 0 Å². The third-order valence-electron chi connectivity index (χ3n) is 1.57. The van der Waals surface area contributed by atoms with E-state index < -0.39 is 5.97 Å². The van der Waals surface area contributed by atoms with Crippen molar-refractivity contribution in [3.63, 3.8) is 0 Å². The van der Waals surface area contributed by atoms with Crippen molar-refractivity contribution in [2.24, 2.45) is 0 Å². The molecular formula is C11H22O2. The molecular weight excluding hydrogens is 164 g/mol. The summed E-state index contributed by atoms with van der Waals surface area (Å²) in [5, 5.41) is 7.89. The van der Waals surface area contributed by atoms with Crippen LogP contribution in [0.2, 0.25) is 0 Å². The summed E-state index contributed by atoms with van der Waals surface area (Å²) in [6, 6.07) is 0. The van der Waals surface area contributed by atoms with Crippen LogP contribution in [0, 0.1) is 0 Å². The Hall–Kier alpha value is -0.790. The number of carboxylic acids is 1. The molecule has 0 saturated heterocycles. The second-order valence-electron chi connectivity index (χ2n) is 3.15. The number of carbonyl (C=O) groups is 1. The third kappa shape index (κ3) is 18.3. The molecule has 0 unspecified atom stereocenters. The number of unbranched alkanes of at least 4 members (excludes halogenated alkanes) is 4. The minimum absolute atomic E-state index is 0.176. The van der Waals surface area contributed by atoms with Crippen LogP contribution in [0.1, 0.15) is 52.9 Å². The zero-order valence-corrected chi connectivity index (χ0v) is 9.10.